The Morgan fingerprint density at radius 3 is 2.24 bits per heavy atom. The average molecular weight is 301 g/mol. The smallest absolute Gasteiger partial charge is 0.744 e. The van der Waals surface area contributed by atoms with E-state index in [4.69, 9.17) is 11.6 Å². The molecule has 0 saturated carbocycles. The van der Waals surface area contributed by atoms with Crippen molar-refractivity contribution in [3.8, 4) is 0 Å². The van der Waals surface area contributed by atoms with Crippen LogP contribution in [-0.2, 0) is 16.5 Å². The molecule has 0 aromatic heterocycles. The fraction of sp³-hybridized carbons (Fsp3) is 0.455. The Morgan fingerprint density at radius 2 is 1.82 bits per heavy atom. The maximum Gasteiger partial charge on any atom is 1.00 e. The van der Waals surface area contributed by atoms with E-state index >= 15 is 0 Å². The maximum atomic E-state index is 10.7. The van der Waals surface area contributed by atoms with Gasteiger partial charge in [0.2, 0.25) is 0 Å². The molecule has 17 heavy (non-hydrogen) atoms. The zero-order valence-electron chi connectivity index (χ0n) is 10.0. The van der Waals surface area contributed by atoms with Crippen LogP contribution in [0, 0.1) is 0 Å². The predicted octanol–water partition coefficient (Wildman–Crippen LogP) is -0.455. The molecular weight excluding hydrogens is 287 g/mol. The normalized spacial score (nSPS) is 12.9. The molecule has 6 heteroatoms. The number of alkyl halides is 1. The monoisotopic (exact) mass is 300 g/mol. The standard InChI is InChI=1S/C11H15ClO3S.K/c1-2-3-10(12)8-9-4-6-11(7-5-9)16(13,14)15;/h4-7,10H,2-3,8H2,1H3,(H,13,14,15);/q;+1/p-1. The molecule has 1 rings (SSSR count). The van der Waals surface area contributed by atoms with Crippen molar-refractivity contribution in [2.45, 2.75) is 36.5 Å². The van der Waals surface area contributed by atoms with Crippen molar-refractivity contribution in [3.05, 3.63) is 29.8 Å². The molecule has 0 fully saturated rings. The first-order valence-electron chi connectivity index (χ1n) is 5.12. The van der Waals surface area contributed by atoms with Crippen molar-refractivity contribution >= 4 is 21.7 Å². The topological polar surface area (TPSA) is 57.2 Å². The molecule has 90 valence electrons. The van der Waals surface area contributed by atoms with Crippen molar-refractivity contribution in [1.29, 1.82) is 0 Å². The Kier molecular flexibility index (Phi) is 8.79. The van der Waals surface area contributed by atoms with Crippen molar-refractivity contribution in [2.24, 2.45) is 0 Å². The first-order chi connectivity index (χ1) is 7.43. The van der Waals surface area contributed by atoms with Crippen molar-refractivity contribution in [1.82, 2.24) is 0 Å². The molecular formula is C11H14ClKO3S. The third-order valence-corrected chi connectivity index (χ3v) is 3.49. The van der Waals surface area contributed by atoms with Crippen molar-refractivity contribution in [3.63, 3.8) is 0 Å². The SMILES string of the molecule is CCCC(Cl)Cc1ccc(S(=O)(=O)[O-])cc1.[K+]. The third-order valence-electron chi connectivity index (χ3n) is 2.27. The van der Waals surface area contributed by atoms with Crippen LogP contribution in [0.1, 0.15) is 25.3 Å². The van der Waals surface area contributed by atoms with Gasteiger partial charge >= 0.3 is 51.4 Å². The molecule has 0 aliphatic rings. The molecule has 0 N–H and O–H groups in total. The van der Waals surface area contributed by atoms with Gasteiger partial charge < -0.3 is 4.55 Å². The quantitative estimate of drug-likeness (QED) is 0.420. The zero-order chi connectivity index (χ0) is 12.2. The van der Waals surface area contributed by atoms with Crippen LogP contribution in [0.2, 0.25) is 0 Å². The number of hydrogen-bond donors (Lipinski definition) is 0. The molecule has 1 unspecified atom stereocenters. The molecule has 0 heterocycles. The second-order valence-electron chi connectivity index (χ2n) is 3.69. The van der Waals surface area contributed by atoms with Gasteiger partial charge in [0.15, 0.2) is 0 Å². The number of benzene rings is 1. The van der Waals surface area contributed by atoms with Crippen LogP contribution >= 0.6 is 11.6 Å². The molecule has 0 bridgehead atoms. The molecule has 0 spiro atoms. The molecule has 0 saturated heterocycles. The first-order valence-corrected chi connectivity index (χ1v) is 6.97. The summed E-state index contributed by atoms with van der Waals surface area (Å²) in [5.41, 5.74) is 0.945. The molecule has 1 atom stereocenters. The number of rotatable bonds is 5. The summed E-state index contributed by atoms with van der Waals surface area (Å²) in [6.45, 7) is 2.06. The van der Waals surface area contributed by atoms with Gasteiger partial charge in [0.05, 0.1) is 4.90 Å². The van der Waals surface area contributed by atoms with Gasteiger partial charge in [-0.15, -0.1) is 11.6 Å². The number of halogens is 1. The first kappa shape index (κ1) is 18.1. The van der Waals surface area contributed by atoms with Gasteiger partial charge in [-0.25, -0.2) is 8.42 Å². The Labute approximate surface area is 150 Å². The summed E-state index contributed by atoms with van der Waals surface area (Å²) in [5.74, 6) is 0. The average Bonchev–Trinajstić information content (AvgIpc) is 2.17. The minimum atomic E-state index is -4.34. The minimum absolute atomic E-state index is 0. The summed E-state index contributed by atoms with van der Waals surface area (Å²) >= 11 is 6.07. The van der Waals surface area contributed by atoms with E-state index in [0.717, 1.165) is 18.4 Å². The van der Waals surface area contributed by atoms with Gasteiger partial charge in [0.1, 0.15) is 10.1 Å². The van der Waals surface area contributed by atoms with E-state index < -0.39 is 10.1 Å². The molecule has 1 aromatic rings. The van der Waals surface area contributed by atoms with Crippen LogP contribution in [-0.4, -0.2) is 18.3 Å². The summed E-state index contributed by atoms with van der Waals surface area (Å²) in [6.07, 6.45) is 2.62. The van der Waals surface area contributed by atoms with Gasteiger partial charge in [-0.3, -0.25) is 0 Å². The Morgan fingerprint density at radius 1 is 1.29 bits per heavy atom. The van der Waals surface area contributed by atoms with Crippen LogP contribution in [0.25, 0.3) is 0 Å². The molecule has 0 aliphatic heterocycles. The van der Waals surface area contributed by atoms with Crippen LogP contribution in [0.3, 0.4) is 0 Å². The maximum absolute atomic E-state index is 10.7. The summed E-state index contributed by atoms with van der Waals surface area (Å²) < 4.78 is 32.1. The summed E-state index contributed by atoms with van der Waals surface area (Å²) in [6, 6.07) is 5.92. The minimum Gasteiger partial charge on any atom is -0.744 e. The fourth-order valence-corrected chi connectivity index (χ4v) is 2.33. The Bertz CT molecular complexity index is 431. The van der Waals surface area contributed by atoms with Crippen LogP contribution in [0.5, 0.6) is 0 Å². The van der Waals surface area contributed by atoms with Crippen LogP contribution < -0.4 is 51.4 Å². The van der Waals surface area contributed by atoms with E-state index in [-0.39, 0.29) is 61.7 Å². The summed E-state index contributed by atoms with van der Waals surface area (Å²) in [7, 11) is -4.34. The van der Waals surface area contributed by atoms with E-state index in [1.807, 2.05) is 0 Å². The van der Waals surface area contributed by atoms with E-state index in [1.165, 1.54) is 12.1 Å². The van der Waals surface area contributed by atoms with E-state index in [9.17, 15) is 13.0 Å². The summed E-state index contributed by atoms with van der Waals surface area (Å²) in [5, 5.41) is 0.0553. The van der Waals surface area contributed by atoms with Crippen molar-refractivity contribution < 1.29 is 64.4 Å². The second kappa shape index (κ2) is 8.27. The van der Waals surface area contributed by atoms with Gasteiger partial charge in [-0.05, 0) is 30.5 Å². The second-order valence-corrected chi connectivity index (χ2v) is 5.69. The van der Waals surface area contributed by atoms with Crippen molar-refractivity contribution in [2.75, 3.05) is 0 Å². The Balaban J connectivity index is 0.00000256. The summed E-state index contributed by atoms with van der Waals surface area (Å²) in [4.78, 5) is -0.196. The third kappa shape index (κ3) is 6.68. The Hall–Kier alpha value is 1.06. The fourth-order valence-electron chi connectivity index (χ4n) is 1.46. The molecule has 0 radical (unpaired) electrons. The van der Waals surface area contributed by atoms with Gasteiger partial charge in [0.25, 0.3) is 0 Å². The van der Waals surface area contributed by atoms with E-state index in [1.54, 1.807) is 12.1 Å². The molecule has 1 aromatic carbocycles. The molecule has 0 amide bonds. The van der Waals surface area contributed by atoms with Gasteiger partial charge in [0, 0.05) is 5.38 Å². The van der Waals surface area contributed by atoms with Gasteiger partial charge in [-0.2, -0.15) is 0 Å². The van der Waals surface area contributed by atoms with Crippen LogP contribution in [0.4, 0.5) is 0 Å². The zero-order valence-corrected chi connectivity index (χ0v) is 14.7. The van der Waals surface area contributed by atoms with E-state index in [2.05, 4.69) is 6.92 Å². The van der Waals surface area contributed by atoms with Gasteiger partial charge in [-0.1, -0.05) is 25.5 Å². The predicted molar refractivity (Wildman–Crippen MR) is 62.7 cm³/mol. The van der Waals surface area contributed by atoms with E-state index in [0.29, 0.717) is 6.42 Å². The molecule has 3 nitrogen and oxygen atoms in total. The molecule has 0 aliphatic carbocycles. The largest absolute Gasteiger partial charge is 1.00 e. The van der Waals surface area contributed by atoms with Crippen LogP contribution in [0.15, 0.2) is 29.2 Å². The number of hydrogen-bond acceptors (Lipinski definition) is 3.